The Morgan fingerprint density at radius 3 is 2.15 bits per heavy atom. The van der Waals surface area contributed by atoms with Gasteiger partial charge in [0, 0.05) is 44.8 Å². The molecule has 1 aliphatic rings. The highest BCUT2D eigenvalue weighted by Crippen LogP contribution is 2.19. The van der Waals surface area contributed by atoms with Gasteiger partial charge in [-0.05, 0) is 42.5 Å². The van der Waals surface area contributed by atoms with Gasteiger partial charge in [0.2, 0.25) is 5.95 Å². The lowest BCUT2D eigenvalue weighted by atomic mass is 10.3. The van der Waals surface area contributed by atoms with E-state index in [1.165, 1.54) is 24.5 Å². The van der Waals surface area contributed by atoms with Crippen LogP contribution in [0.15, 0.2) is 84.4 Å². The predicted octanol–water partition coefficient (Wildman–Crippen LogP) is 2.18. The maximum Gasteiger partial charge on any atom is 0.261 e. The summed E-state index contributed by atoms with van der Waals surface area (Å²) in [7, 11) is -3.76. The summed E-state index contributed by atoms with van der Waals surface area (Å²) < 4.78 is 29.7. The van der Waals surface area contributed by atoms with E-state index < -0.39 is 10.0 Å². The fraction of sp³-hybridized carbons (Fsp3) is 0.182. The lowest BCUT2D eigenvalue weighted by Crippen LogP contribution is -2.47. The van der Waals surface area contributed by atoms with Crippen LogP contribution in [0.1, 0.15) is 0 Å². The van der Waals surface area contributed by atoms with E-state index in [-0.39, 0.29) is 4.90 Å². The molecule has 4 heterocycles. The third-order valence-corrected chi connectivity index (χ3v) is 6.74. The van der Waals surface area contributed by atoms with Crippen molar-refractivity contribution in [2.24, 2.45) is 0 Å². The van der Waals surface area contributed by atoms with Gasteiger partial charge in [-0.2, -0.15) is 5.10 Å². The van der Waals surface area contributed by atoms with E-state index in [1.807, 2.05) is 18.2 Å². The molecule has 0 aliphatic carbocycles. The van der Waals surface area contributed by atoms with Crippen molar-refractivity contribution in [2.45, 2.75) is 4.90 Å². The Morgan fingerprint density at radius 2 is 1.52 bits per heavy atom. The molecule has 33 heavy (non-hydrogen) atoms. The Kier molecular flexibility index (Phi) is 5.61. The van der Waals surface area contributed by atoms with E-state index >= 15 is 0 Å². The molecule has 0 spiro atoms. The minimum Gasteiger partial charge on any atom is -0.353 e. The summed E-state index contributed by atoms with van der Waals surface area (Å²) >= 11 is 0. The Morgan fingerprint density at radius 1 is 0.788 bits per heavy atom. The minimum absolute atomic E-state index is 0.146. The highest BCUT2D eigenvalue weighted by molar-refractivity contribution is 7.92. The molecule has 1 fully saturated rings. The van der Waals surface area contributed by atoms with Crippen LogP contribution in [0.2, 0.25) is 0 Å². The van der Waals surface area contributed by atoms with Crippen molar-refractivity contribution in [1.82, 2.24) is 24.7 Å². The van der Waals surface area contributed by atoms with Gasteiger partial charge in [0.05, 0.1) is 28.7 Å². The topological polar surface area (TPSA) is 109 Å². The zero-order chi connectivity index (χ0) is 22.7. The van der Waals surface area contributed by atoms with E-state index in [9.17, 15) is 8.42 Å². The molecule has 168 valence electrons. The van der Waals surface area contributed by atoms with E-state index in [0.29, 0.717) is 11.6 Å². The number of sulfonamides is 1. The van der Waals surface area contributed by atoms with Gasteiger partial charge < -0.3 is 9.80 Å². The molecular formula is C22H22N8O2S. The maximum atomic E-state index is 12.7. The molecule has 10 nitrogen and oxygen atoms in total. The molecule has 0 radical (unpaired) electrons. The minimum atomic E-state index is -3.76. The van der Waals surface area contributed by atoms with Crippen LogP contribution in [0.5, 0.6) is 0 Å². The summed E-state index contributed by atoms with van der Waals surface area (Å²) in [5.41, 5.74) is 1.08. The average Bonchev–Trinajstić information content (AvgIpc) is 3.40. The van der Waals surface area contributed by atoms with Crippen LogP contribution in [0.3, 0.4) is 0 Å². The van der Waals surface area contributed by atoms with Gasteiger partial charge in [0.15, 0.2) is 0 Å². The summed E-state index contributed by atoms with van der Waals surface area (Å²) in [6, 6.07) is 14.2. The van der Waals surface area contributed by atoms with Crippen LogP contribution in [-0.4, -0.2) is 59.3 Å². The second-order valence-electron chi connectivity index (χ2n) is 7.48. The molecule has 0 atom stereocenters. The highest BCUT2D eigenvalue weighted by atomic mass is 32.2. The second-order valence-corrected chi connectivity index (χ2v) is 9.17. The van der Waals surface area contributed by atoms with Crippen LogP contribution in [0.25, 0.3) is 5.69 Å². The molecule has 4 aromatic rings. The first-order chi connectivity index (χ1) is 16.1. The van der Waals surface area contributed by atoms with Crippen molar-refractivity contribution >= 4 is 27.5 Å². The van der Waals surface area contributed by atoms with Crippen LogP contribution < -0.4 is 14.5 Å². The summed E-state index contributed by atoms with van der Waals surface area (Å²) in [5.74, 6) is 1.53. The summed E-state index contributed by atoms with van der Waals surface area (Å²) in [5, 5.41) is 4.14. The van der Waals surface area contributed by atoms with Gasteiger partial charge >= 0.3 is 0 Å². The normalized spacial score (nSPS) is 14.3. The Labute approximate surface area is 191 Å². The van der Waals surface area contributed by atoms with Crippen molar-refractivity contribution in [3.8, 4) is 5.69 Å². The van der Waals surface area contributed by atoms with Gasteiger partial charge in [0.1, 0.15) is 5.82 Å². The molecule has 5 rings (SSSR count). The van der Waals surface area contributed by atoms with Crippen molar-refractivity contribution in [3.05, 3.63) is 79.5 Å². The number of anilines is 3. The molecular weight excluding hydrogens is 440 g/mol. The van der Waals surface area contributed by atoms with E-state index in [0.717, 1.165) is 37.7 Å². The molecule has 11 heteroatoms. The third-order valence-electron chi connectivity index (χ3n) is 5.34. The quantitative estimate of drug-likeness (QED) is 0.464. The van der Waals surface area contributed by atoms with Crippen LogP contribution in [-0.2, 0) is 10.0 Å². The first-order valence-corrected chi connectivity index (χ1v) is 11.9. The number of benzene rings is 1. The molecule has 0 unspecified atom stereocenters. The molecule has 1 aliphatic heterocycles. The summed E-state index contributed by atoms with van der Waals surface area (Å²) in [4.78, 5) is 17.6. The Hall–Kier alpha value is -3.99. The average molecular weight is 463 g/mol. The monoisotopic (exact) mass is 462 g/mol. The number of pyridine rings is 1. The standard InChI is InChI=1S/C22H22N8O2S/c31-33(32,20-7-5-19(6-8-20)30-11-3-10-26-30)27-18-16-24-22(25-17-18)29-14-12-28(13-15-29)21-4-1-2-9-23-21/h1-11,16-17,27H,12-15H2. The predicted molar refractivity (Wildman–Crippen MR) is 125 cm³/mol. The van der Waals surface area contributed by atoms with Gasteiger partial charge in [0.25, 0.3) is 10.0 Å². The number of nitrogens with zero attached hydrogens (tertiary/aromatic N) is 7. The van der Waals surface area contributed by atoms with E-state index in [1.54, 1.807) is 41.5 Å². The van der Waals surface area contributed by atoms with Crippen molar-refractivity contribution < 1.29 is 8.42 Å². The largest absolute Gasteiger partial charge is 0.353 e. The number of rotatable bonds is 6. The van der Waals surface area contributed by atoms with Crippen LogP contribution in [0.4, 0.5) is 17.5 Å². The summed E-state index contributed by atoms with van der Waals surface area (Å²) in [6.07, 6.45) is 8.22. The SMILES string of the molecule is O=S(=O)(Nc1cnc(N2CCN(c3ccccn3)CC2)nc1)c1ccc(-n2cccn2)cc1. The third kappa shape index (κ3) is 4.62. The maximum absolute atomic E-state index is 12.7. The molecule has 3 aromatic heterocycles. The fourth-order valence-electron chi connectivity index (χ4n) is 3.63. The molecule has 1 N–H and O–H groups in total. The smallest absolute Gasteiger partial charge is 0.261 e. The number of aromatic nitrogens is 5. The lowest BCUT2D eigenvalue weighted by Gasteiger charge is -2.35. The molecule has 1 saturated heterocycles. The number of nitrogens with one attached hydrogen (secondary N) is 1. The number of piperazine rings is 1. The first kappa shape index (κ1) is 20.9. The molecule has 0 amide bonds. The number of hydrogen-bond acceptors (Lipinski definition) is 8. The lowest BCUT2D eigenvalue weighted by molar-refractivity contribution is 0.601. The Balaban J connectivity index is 1.22. The van der Waals surface area contributed by atoms with Gasteiger partial charge in [-0.25, -0.2) is 28.1 Å². The highest BCUT2D eigenvalue weighted by Gasteiger charge is 2.20. The van der Waals surface area contributed by atoms with Crippen molar-refractivity contribution in [1.29, 1.82) is 0 Å². The fourth-order valence-corrected chi connectivity index (χ4v) is 4.66. The first-order valence-electron chi connectivity index (χ1n) is 10.4. The van der Waals surface area contributed by atoms with Crippen LogP contribution >= 0.6 is 0 Å². The van der Waals surface area contributed by atoms with Crippen molar-refractivity contribution in [3.63, 3.8) is 0 Å². The van der Waals surface area contributed by atoms with Crippen LogP contribution in [0, 0.1) is 0 Å². The van der Waals surface area contributed by atoms with Gasteiger partial charge in [-0.3, -0.25) is 4.72 Å². The number of hydrogen-bond donors (Lipinski definition) is 1. The van der Waals surface area contributed by atoms with Gasteiger partial charge in [-0.1, -0.05) is 6.07 Å². The molecule has 0 saturated carbocycles. The Bertz CT molecular complexity index is 1290. The zero-order valence-corrected chi connectivity index (χ0v) is 18.5. The molecule has 0 bridgehead atoms. The zero-order valence-electron chi connectivity index (χ0n) is 17.7. The second kappa shape index (κ2) is 8.87. The molecule has 1 aromatic carbocycles. The van der Waals surface area contributed by atoms with Gasteiger partial charge in [-0.15, -0.1) is 0 Å². The van der Waals surface area contributed by atoms with E-state index in [4.69, 9.17) is 0 Å². The summed E-state index contributed by atoms with van der Waals surface area (Å²) in [6.45, 7) is 3.13. The van der Waals surface area contributed by atoms with Crippen molar-refractivity contribution in [2.75, 3.05) is 40.7 Å². The van der Waals surface area contributed by atoms with E-state index in [2.05, 4.69) is 34.6 Å².